The fourth-order valence-corrected chi connectivity index (χ4v) is 2.77. The summed E-state index contributed by atoms with van der Waals surface area (Å²) in [6, 6.07) is 14.9. The summed E-state index contributed by atoms with van der Waals surface area (Å²) in [6.45, 7) is 4.00. The zero-order valence-electron chi connectivity index (χ0n) is 15.0. The van der Waals surface area contributed by atoms with Crippen LogP contribution in [0.5, 0.6) is 0 Å². The molecule has 0 radical (unpaired) electrons. The Balaban J connectivity index is 2.38. The third-order valence-corrected chi connectivity index (χ3v) is 4.45. The second-order valence-corrected chi connectivity index (χ2v) is 6.13. The summed E-state index contributed by atoms with van der Waals surface area (Å²) < 4.78 is 0. The number of hydrogen-bond donors (Lipinski definition) is 0. The number of carbonyl (C=O) groups excluding carboxylic acids is 1. The Bertz CT molecular complexity index is 762. The van der Waals surface area contributed by atoms with E-state index in [4.69, 9.17) is 0 Å². The van der Waals surface area contributed by atoms with Crippen LogP contribution < -0.4 is 4.90 Å². The lowest BCUT2D eigenvalue weighted by Crippen LogP contribution is -2.26. The van der Waals surface area contributed by atoms with Crippen molar-refractivity contribution in [3.05, 3.63) is 69.8 Å². The maximum absolute atomic E-state index is 11.7. The standard InChI is InChI=1S/C19H23N3O3/c1-14(20(3)13-16-9-6-5-7-10-16)17-11-8-12-18(19(17)22(24)25)21(4)15(2)23/h5-12,14H,13H2,1-4H3/t14-/m0/s1. The van der Waals surface area contributed by atoms with E-state index in [9.17, 15) is 14.9 Å². The van der Waals surface area contributed by atoms with Gasteiger partial charge in [-0.2, -0.15) is 0 Å². The number of para-hydroxylation sites is 1. The number of nitro benzene ring substituents is 1. The van der Waals surface area contributed by atoms with Gasteiger partial charge in [-0.3, -0.25) is 19.8 Å². The van der Waals surface area contributed by atoms with E-state index in [0.29, 0.717) is 17.8 Å². The van der Waals surface area contributed by atoms with Crippen LogP contribution >= 0.6 is 0 Å². The third kappa shape index (κ3) is 4.22. The fraction of sp³-hybridized carbons (Fsp3) is 0.316. The lowest BCUT2D eigenvalue weighted by atomic mass is 10.0. The summed E-state index contributed by atoms with van der Waals surface area (Å²) in [5.74, 6) is -0.245. The highest BCUT2D eigenvalue weighted by Gasteiger charge is 2.28. The van der Waals surface area contributed by atoms with Crippen LogP contribution in [-0.2, 0) is 11.3 Å². The maximum atomic E-state index is 11.7. The Kier molecular flexibility index (Phi) is 5.88. The number of nitrogens with zero attached hydrogens (tertiary/aromatic N) is 3. The van der Waals surface area contributed by atoms with Crippen molar-refractivity contribution in [2.24, 2.45) is 0 Å². The van der Waals surface area contributed by atoms with Gasteiger partial charge in [0.05, 0.1) is 4.92 Å². The molecule has 1 atom stereocenters. The molecule has 0 saturated heterocycles. The van der Waals surface area contributed by atoms with Crippen LogP contribution in [0, 0.1) is 10.1 Å². The molecule has 0 aromatic heterocycles. The highest BCUT2D eigenvalue weighted by atomic mass is 16.6. The Morgan fingerprint density at radius 3 is 2.32 bits per heavy atom. The van der Waals surface area contributed by atoms with Gasteiger partial charge in [-0.25, -0.2) is 0 Å². The number of hydrogen-bond acceptors (Lipinski definition) is 4. The maximum Gasteiger partial charge on any atom is 0.297 e. The first kappa shape index (κ1) is 18.6. The van der Waals surface area contributed by atoms with Crippen molar-refractivity contribution < 1.29 is 9.72 Å². The minimum absolute atomic E-state index is 0.0207. The van der Waals surface area contributed by atoms with Crippen molar-refractivity contribution in [3.63, 3.8) is 0 Å². The molecule has 0 heterocycles. The smallest absolute Gasteiger partial charge is 0.297 e. The molecule has 2 aromatic rings. The van der Waals surface area contributed by atoms with Gasteiger partial charge in [-0.1, -0.05) is 42.5 Å². The minimum atomic E-state index is -0.406. The first-order chi connectivity index (χ1) is 11.8. The van der Waals surface area contributed by atoms with Gasteiger partial charge < -0.3 is 4.90 Å². The second-order valence-electron chi connectivity index (χ2n) is 6.13. The van der Waals surface area contributed by atoms with Crippen molar-refractivity contribution in [2.45, 2.75) is 26.4 Å². The summed E-state index contributed by atoms with van der Waals surface area (Å²) in [7, 11) is 3.48. The molecular weight excluding hydrogens is 318 g/mol. The highest BCUT2D eigenvalue weighted by Crippen LogP contribution is 2.36. The summed E-state index contributed by atoms with van der Waals surface area (Å²) >= 11 is 0. The molecule has 0 fully saturated rings. The normalized spacial score (nSPS) is 12.0. The third-order valence-electron chi connectivity index (χ3n) is 4.45. The number of anilines is 1. The predicted molar refractivity (Wildman–Crippen MR) is 98.5 cm³/mol. The largest absolute Gasteiger partial charge is 0.310 e. The summed E-state index contributed by atoms with van der Waals surface area (Å²) in [5.41, 5.74) is 2.02. The molecule has 132 valence electrons. The number of nitro groups is 1. The van der Waals surface area contributed by atoms with Gasteiger partial charge >= 0.3 is 0 Å². The molecule has 0 saturated carbocycles. The molecule has 25 heavy (non-hydrogen) atoms. The van der Waals surface area contributed by atoms with Crippen molar-refractivity contribution in [3.8, 4) is 0 Å². The van der Waals surface area contributed by atoms with Crippen LogP contribution in [0.4, 0.5) is 11.4 Å². The molecule has 0 unspecified atom stereocenters. The topological polar surface area (TPSA) is 66.7 Å². The minimum Gasteiger partial charge on any atom is -0.310 e. The van der Waals surface area contributed by atoms with E-state index in [1.54, 1.807) is 25.2 Å². The van der Waals surface area contributed by atoms with Crippen molar-refractivity contribution in [1.29, 1.82) is 0 Å². The molecular formula is C19H23N3O3. The van der Waals surface area contributed by atoms with Gasteiger partial charge in [0.2, 0.25) is 5.91 Å². The van der Waals surface area contributed by atoms with Gasteiger partial charge in [-0.05, 0) is 25.6 Å². The van der Waals surface area contributed by atoms with E-state index in [-0.39, 0.29) is 17.6 Å². The Morgan fingerprint density at radius 1 is 1.12 bits per heavy atom. The number of carbonyl (C=O) groups is 1. The predicted octanol–water partition coefficient (Wildman–Crippen LogP) is 3.77. The summed E-state index contributed by atoms with van der Waals surface area (Å²) in [4.78, 5) is 26.3. The molecule has 0 bridgehead atoms. The summed E-state index contributed by atoms with van der Waals surface area (Å²) in [6.07, 6.45) is 0. The zero-order valence-corrected chi connectivity index (χ0v) is 15.0. The quantitative estimate of drug-likeness (QED) is 0.592. The first-order valence-electron chi connectivity index (χ1n) is 8.08. The molecule has 0 aliphatic rings. The molecule has 0 aliphatic carbocycles. The number of amides is 1. The number of benzene rings is 2. The molecule has 1 amide bonds. The average Bonchev–Trinajstić information content (AvgIpc) is 2.60. The average molecular weight is 341 g/mol. The van der Waals surface area contributed by atoms with Crippen LogP contribution in [-0.4, -0.2) is 29.8 Å². The first-order valence-corrected chi connectivity index (χ1v) is 8.08. The summed E-state index contributed by atoms with van der Waals surface area (Å²) in [5, 5.41) is 11.7. The zero-order chi connectivity index (χ0) is 18.6. The second kappa shape index (κ2) is 7.90. The van der Waals surface area contributed by atoms with E-state index in [0.717, 1.165) is 5.56 Å². The van der Waals surface area contributed by atoms with Gasteiger partial charge in [0.1, 0.15) is 5.69 Å². The molecule has 0 aliphatic heterocycles. The molecule has 6 nitrogen and oxygen atoms in total. The van der Waals surface area contributed by atoms with Crippen LogP contribution in [0.25, 0.3) is 0 Å². The molecule has 0 spiro atoms. The van der Waals surface area contributed by atoms with Gasteiger partial charge in [0, 0.05) is 32.1 Å². The fourth-order valence-electron chi connectivity index (χ4n) is 2.77. The highest BCUT2D eigenvalue weighted by molar-refractivity contribution is 5.93. The van der Waals surface area contributed by atoms with E-state index < -0.39 is 4.92 Å². The number of rotatable bonds is 6. The van der Waals surface area contributed by atoms with Gasteiger partial charge in [-0.15, -0.1) is 0 Å². The van der Waals surface area contributed by atoms with Gasteiger partial charge in [0.25, 0.3) is 5.69 Å². The van der Waals surface area contributed by atoms with E-state index in [2.05, 4.69) is 4.90 Å². The van der Waals surface area contributed by atoms with Crippen molar-refractivity contribution >= 4 is 17.3 Å². The van der Waals surface area contributed by atoms with Crippen molar-refractivity contribution in [2.75, 3.05) is 19.0 Å². The monoisotopic (exact) mass is 341 g/mol. The van der Waals surface area contributed by atoms with E-state index in [1.165, 1.54) is 11.8 Å². The Hall–Kier alpha value is -2.73. The molecule has 2 aromatic carbocycles. The SMILES string of the molecule is CC(=O)N(C)c1cccc([C@H](C)N(C)Cc2ccccc2)c1[N+](=O)[O-]. The lowest BCUT2D eigenvalue weighted by molar-refractivity contribution is -0.385. The van der Waals surface area contributed by atoms with Crippen LogP contribution in [0.3, 0.4) is 0 Å². The van der Waals surface area contributed by atoms with Crippen LogP contribution in [0.2, 0.25) is 0 Å². The Labute approximate surface area is 147 Å². The van der Waals surface area contributed by atoms with E-state index in [1.807, 2.05) is 44.3 Å². The Morgan fingerprint density at radius 2 is 1.76 bits per heavy atom. The van der Waals surface area contributed by atoms with Crippen molar-refractivity contribution in [1.82, 2.24) is 4.90 Å². The van der Waals surface area contributed by atoms with Gasteiger partial charge in [0.15, 0.2) is 0 Å². The molecule has 6 heteroatoms. The molecule has 2 rings (SSSR count). The van der Waals surface area contributed by atoms with E-state index >= 15 is 0 Å². The van der Waals surface area contributed by atoms with Crippen LogP contribution in [0.1, 0.15) is 31.0 Å². The molecule has 0 N–H and O–H groups in total. The lowest BCUT2D eigenvalue weighted by Gasteiger charge is -2.26. The van der Waals surface area contributed by atoms with Crippen LogP contribution in [0.15, 0.2) is 48.5 Å².